The summed E-state index contributed by atoms with van der Waals surface area (Å²) in [5, 5.41) is 6.49. The van der Waals surface area contributed by atoms with E-state index < -0.39 is 5.79 Å². The molecule has 0 aliphatic carbocycles. The quantitative estimate of drug-likeness (QED) is 0.530. The van der Waals surface area contributed by atoms with Gasteiger partial charge in [-0.15, -0.1) is 0 Å². The summed E-state index contributed by atoms with van der Waals surface area (Å²) in [5.41, 5.74) is 4.78. The highest BCUT2D eigenvalue weighted by Gasteiger charge is 2.38. The van der Waals surface area contributed by atoms with Crippen molar-refractivity contribution in [1.29, 1.82) is 0 Å². The third-order valence-electron chi connectivity index (χ3n) is 5.31. The first kappa shape index (κ1) is 20.0. The van der Waals surface area contributed by atoms with E-state index in [1.54, 1.807) is 0 Å². The Bertz CT molecular complexity index is 1160. The van der Waals surface area contributed by atoms with Crippen molar-refractivity contribution in [1.82, 2.24) is 19.7 Å². The van der Waals surface area contributed by atoms with Crippen LogP contribution in [0.4, 0.5) is 0 Å². The third-order valence-corrected chi connectivity index (χ3v) is 6.26. The van der Waals surface area contributed by atoms with Gasteiger partial charge in [0.15, 0.2) is 5.16 Å². The molecule has 1 fully saturated rings. The minimum Gasteiger partial charge on any atom is -0.459 e. The van der Waals surface area contributed by atoms with E-state index in [0.29, 0.717) is 5.16 Å². The molecule has 158 valence electrons. The van der Waals surface area contributed by atoms with Crippen molar-refractivity contribution >= 4 is 17.8 Å². The van der Waals surface area contributed by atoms with Crippen molar-refractivity contribution in [3.8, 4) is 5.69 Å². The zero-order valence-electron chi connectivity index (χ0n) is 17.8. The third kappa shape index (κ3) is 4.03. The Balaban J connectivity index is 1.58. The highest BCUT2D eigenvalue weighted by molar-refractivity contribution is 7.99. The summed E-state index contributed by atoms with van der Waals surface area (Å²) in [6.07, 6.45) is 7.93. The lowest BCUT2D eigenvalue weighted by molar-refractivity contribution is -0.135. The number of rotatable bonds is 4. The number of nitrogens with zero attached hydrogens (tertiary/aromatic N) is 4. The molecule has 1 unspecified atom stereocenters. The smallest absolute Gasteiger partial charge is 0.230 e. The number of ether oxygens (including phenoxy) is 2. The van der Waals surface area contributed by atoms with Crippen molar-refractivity contribution < 1.29 is 9.47 Å². The second kappa shape index (κ2) is 7.98. The summed E-state index contributed by atoms with van der Waals surface area (Å²) in [6.45, 7) is 6.71. The van der Waals surface area contributed by atoms with Gasteiger partial charge in [0.25, 0.3) is 0 Å². The summed E-state index contributed by atoms with van der Waals surface area (Å²) in [4.78, 5) is 9.26. The van der Waals surface area contributed by atoms with Crippen LogP contribution in [0.15, 0.2) is 64.5 Å². The van der Waals surface area contributed by atoms with Crippen LogP contribution in [0.5, 0.6) is 0 Å². The van der Waals surface area contributed by atoms with Gasteiger partial charge < -0.3 is 9.47 Å². The van der Waals surface area contributed by atoms with Crippen LogP contribution in [0, 0.1) is 20.8 Å². The van der Waals surface area contributed by atoms with Crippen molar-refractivity contribution in [2.45, 2.75) is 49.6 Å². The lowest BCUT2D eigenvalue weighted by Crippen LogP contribution is -2.24. The van der Waals surface area contributed by atoms with Crippen molar-refractivity contribution in [3.63, 3.8) is 0 Å². The van der Waals surface area contributed by atoms with Crippen LogP contribution < -0.4 is 0 Å². The van der Waals surface area contributed by atoms with Crippen LogP contribution in [-0.2, 0) is 9.47 Å². The maximum atomic E-state index is 6.18. The number of aromatic nitrogens is 4. The van der Waals surface area contributed by atoms with Gasteiger partial charge in [-0.1, -0.05) is 18.2 Å². The molecule has 2 aliphatic heterocycles. The summed E-state index contributed by atoms with van der Waals surface area (Å²) in [6, 6.07) is 12.1. The first-order valence-corrected chi connectivity index (χ1v) is 11.2. The SMILES string of the molecule is Cc1cc(C)nc(Sc2c(/C=C3/C=CC4(CCCO4)O3)c(C)nn2-c2ccccc2)n1. The van der Waals surface area contributed by atoms with Gasteiger partial charge in [-0.2, -0.15) is 5.10 Å². The molecule has 0 saturated carbocycles. The first-order valence-electron chi connectivity index (χ1n) is 10.4. The minimum atomic E-state index is -0.598. The molecule has 2 aliphatic rings. The Hall–Kier alpha value is -2.90. The maximum absolute atomic E-state index is 6.18. The number of para-hydroxylation sites is 1. The number of benzene rings is 1. The fourth-order valence-corrected chi connectivity index (χ4v) is 5.00. The Morgan fingerprint density at radius 3 is 2.58 bits per heavy atom. The van der Waals surface area contributed by atoms with E-state index in [0.717, 1.165) is 58.6 Å². The number of aryl methyl sites for hydroxylation is 3. The summed E-state index contributed by atoms with van der Waals surface area (Å²) < 4.78 is 14.0. The Morgan fingerprint density at radius 1 is 1.10 bits per heavy atom. The predicted octanol–water partition coefficient (Wildman–Crippen LogP) is 5.17. The molecular formula is C24H24N4O2S. The molecule has 31 heavy (non-hydrogen) atoms. The maximum Gasteiger partial charge on any atom is 0.230 e. The van der Waals surface area contributed by atoms with Gasteiger partial charge in [-0.25, -0.2) is 14.6 Å². The largest absolute Gasteiger partial charge is 0.459 e. The highest BCUT2D eigenvalue weighted by atomic mass is 32.2. The molecule has 0 radical (unpaired) electrons. The molecular weight excluding hydrogens is 408 g/mol. The van der Waals surface area contributed by atoms with Crippen LogP contribution in [0.1, 0.15) is 35.5 Å². The Morgan fingerprint density at radius 2 is 1.87 bits per heavy atom. The fraction of sp³-hybridized carbons (Fsp3) is 0.292. The van der Waals surface area contributed by atoms with E-state index in [-0.39, 0.29) is 0 Å². The molecule has 1 aromatic carbocycles. The van der Waals surface area contributed by atoms with Crippen molar-refractivity contribution in [3.05, 3.63) is 77.0 Å². The summed E-state index contributed by atoms with van der Waals surface area (Å²) in [7, 11) is 0. The highest BCUT2D eigenvalue weighted by Crippen LogP contribution is 2.39. The van der Waals surface area contributed by atoms with Crippen LogP contribution in [-0.4, -0.2) is 32.1 Å². The van der Waals surface area contributed by atoms with Crippen LogP contribution in [0.3, 0.4) is 0 Å². The average Bonchev–Trinajstić information content (AvgIpc) is 3.45. The Kier molecular flexibility index (Phi) is 5.16. The number of hydrogen-bond donors (Lipinski definition) is 0. The van der Waals surface area contributed by atoms with Gasteiger partial charge in [0.05, 0.1) is 18.0 Å². The predicted molar refractivity (Wildman–Crippen MR) is 120 cm³/mol. The van der Waals surface area contributed by atoms with Gasteiger partial charge in [0, 0.05) is 23.4 Å². The van der Waals surface area contributed by atoms with Crippen molar-refractivity contribution in [2.24, 2.45) is 0 Å². The van der Waals surface area contributed by atoms with E-state index in [9.17, 15) is 0 Å². The molecule has 4 heterocycles. The average molecular weight is 433 g/mol. The monoisotopic (exact) mass is 432 g/mol. The number of allylic oxidation sites excluding steroid dienone is 1. The lowest BCUT2D eigenvalue weighted by atomic mass is 10.2. The van der Waals surface area contributed by atoms with Gasteiger partial charge in [0.2, 0.25) is 5.79 Å². The Labute approximate surface area is 186 Å². The van der Waals surface area contributed by atoms with Gasteiger partial charge >= 0.3 is 0 Å². The van der Waals surface area contributed by atoms with Crippen LogP contribution in [0.25, 0.3) is 11.8 Å². The standard InChI is InChI=1S/C24H24N4O2S/c1-16-14-17(2)26-23(25-16)31-22-21(15-20-10-12-24(30-20)11-7-13-29-24)18(3)27-28(22)19-8-5-4-6-9-19/h4-6,8-10,12,14-15H,7,11,13H2,1-3H3/b20-15-. The molecule has 5 rings (SSSR count). The topological polar surface area (TPSA) is 62.1 Å². The summed E-state index contributed by atoms with van der Waals surface area (Å²) >= 11 is 1.51. The van der Waals surface area contributed by atoms with E-state index in [2.05, 4.69) is 9.97 Å². The van der Waals surface area contributed by atoms with Gasteiger partial charge in [-0.05, 0) is 75.4 Å². The van der Waals surface area contributed by atoms with E-state index in [1.807, 2.05) is 80.1 Å². The van der Waals surface area contributed by atoms with E-state index >= 15 is 0 Å². The molecule has 1 saturated heterocycles. The van der Waals surface area contributed by atoms with E-state index in [4.69, 9.17) is 14.6 Å². The molecule has 6 nitrogen and oxygen atoms in total. The summed E-state index contributed by atoms with van der Waals surface area (Å²) in [5.74, 6) is 0.181. The lowest BCUT2D eigenvalue weighted by Gasteiger charge is -2.20. The second-order valence-electron chi connectivity index (χ2n) is 7.83. The zero-order valence-corrected chi connectivity index (χ0v) is 18.6. The molecule has 2 aromatic heterocycles. The molecule has 0 N–H and O–H groups in total. The van der Waals surface area contributed by atoms with Crippen molar-refractivity contribution in [2.75, 3.05) is 6.61 Å². The molecule has 1 atom stereocenters. The normalized spacial score (nSPS) is 21.3. The zero-order chi connectivity index (χ0) is 21.4. The van der Waals surface area contributed by atoms with Gasteiger partial charge in [-0.3, -0.25) is 0 Å². The molecule has 0 amide bonds. The molecule has 3 aromatic rings. The molecule has 0 bridgehead atoms. The van der Waals surface area contributed by atoms with Crippen LogP contribution >= 0.6 is 11.8 Å². The first-order chi connectivity index (χ1) is 15.0. The van der Waals surface area contributed by atoms with E-state index in [1.165, 1.54) is 11.8 Å². The number of hydrogen-bond acceptors (Lipinski definition) is 6. The molecule has 1 spiro atoms. The van der Waals surface area contributed by atoms with Gasteiger partial charge in [0.1, 0.15) is 10.8 Å². The fourth-order valence-electron chi connectivity index (χ4n) is 3.90. The molecule has 7 heteroatoms. The second-order valence-corrected chi connectivity index (χ2v) is 8.79. The minimum absolute atomic E-state index is 0.598. The van der Waals surface area contributed by atoms with Crippen LogP contribution in [0.2, 0.25) is 0 Å².